The van der Waals surface area contributed by atoms with Crippen LogP contribution >= 0.6 is 11.6 Å². The van der Waals surface area contributed by atoms with Gasteiger partial charge in [-0.25, -0.2) is 9.59 Å². The number of nitrogens with zero attached hydrogens (tertiary/aromatic N) is 4. The Bertz CT molecular complexity index is 884. The number of fused-ring (bicyclic) bond motifs is 2. The van der Waals surface area contributed by atoms with Crippen LogP contribution in [0.15, 0.2) is 24.3 Å². The van der Waals surface area contributed by atoms with Crippen molar-refractivity contribution < 1.29 is 14.4 Å². The molecule has 3 heterocycles. The van der Waals surface area contributed by atoms with E-state index in [1.165, 1.54) is 0 Å². The minimum absolute atomic E-state index is 0.0428. The predicted molar refractivity (Wildman–Crippen MR) is 119 cm³/mol. The maximum atomic E-state index is 13.2. The monoisotopic (exact) mass is 447 g/mol. The molecule has 3 aliphatic heterocycles. The van der Waals surface area contributed by atoms with E-state index in [0.717, 1.165) is 12.8 Å². The summed E-state index contributed by atoms with van der Waals surface area (Å²) in [5.74, 6) is 0.121. The van der Waals surface area contributed by atoms with Gasteiger partial charge in [0, 0.05) is 63.4 Å². The molecule has 3 aliphatic rings. The number of benzene rings is 1. The van der Waals surface area contributed by atoms with Gasteiger partial charge >= 0.3 is 12.1 Å². The number of piperidine rings is 1. The average molecular weight is 448 g/mol. The lowest BCUT2D eigenvalue weighted by Crippen LogP contribution is -2.58. The van der Waals surface area contributed by atoms with Gasteiger partial charge < -0.3 is 24.9 Å². The lowest BCUT2D eigenvalue weighted by molar-refractivity contribution is -0.135. The number of likely N-dealkylation sites (tertiary alicyclic amines) is 3. The third-order valence-electron chi connectivity index (χ3n) is 7.09. The number of hydrogen-bond donors (Lipinski definition) is 1. The van der Waals surface area contributed by atoms with Crippen molar-refractivity contribution in [2.24, 2.45) is 11.8 Å². The summed E-state index contributed by atoms with van der Waals surface area (Å²) in [5.41, 5.74) is 0.378. The van der Waals surface area contributed by atoms with Crippen LogP contribution in [0, 0.1) is 11.8 Å². The first-order valence-corrected chi connectivity index (χ1v) is 11.2. The fourth-order valence-corrected chi connectivity index (χ4v) is 5.82. The summed E-state index contributed by atoms with van der Waals surface area (Å²) < 4.78 is 0. The number of rotatable bonds is 2. The summed E-state index contributed by atoms with van der Waals surface area (Å²) in [5, 5.41) is 3.48. The van der Waals surface area contributed by atoms with E-state index in [2.05, 4.69) is 5.32 Å². The van der Waals surface area contributed by atoms with Crippen molar-refractivity contribution in [1.82, 2.24) is 19.6 Å². The predicted octanol–water partition coefficient (Wildman–Crippen LogP) is 2.80. The van der Waals surface area contributed by atoms with Gasteiger partial charge in [0.05, 0.1) is 11.5 Å². The van der Waals surface area contributed by atoms with Crippen molar-refractivity contribution in [3.05, 3.63) is 29.3 Å². The maximum Gasteiger partial charge on any atom is 0.321 e. The highest BCUT2D eigenvalue weighted by Crippen LogP contribution is 2.49. The van der Waals surface area contributed by atoms with Crippen LogP contribution in [-0.2, 0) is 4.79 Å². The van der Waals surface area contributed by atoms with Crippen LogP contribution in [0.3, 0.4) is 0 Å². The number of nitrogens with one attached hydrogen (secondary N) is 1. The van der Waals surface area contributed by atoms with Crippen LogP contribution in [0.25, 0.3) is 0 Å². The van der Waals surface area contributed by atoms with Gasteiger partial charge in [-0.1, -0.05) is 17.7 Å². The smallest absolute Gasteiger partial charge is 0.321 e. The Morgan fingerprint density at radius 1 is 1.19 bits per heavy atom. The molecule has 0 bridgehead atoms. The molecule has 0 saturated carbocycles. The highest BCUT2D eigenvalue weighted by molar-refractivity contribution is 6.30. The van der Waals surface area contributed by atoms with Crippen molar-refractivity contribution >= 4 is 35.3 Å². The van der Waals surface area contributed by atoms with Crippen molar-refractivity contribution in [2.45, 2.75) is 25.3 Å². The molecule has 0 aromatic heterocycles. The molecule has 1 spiro atoms. The van der Waals surface area contributed by atoms with Gasteiger partial charge in [-0.05, 0) is 38.0 Å². The van der Waals surface area contributed by atoms with E-state index in [1.54, 1.807) is 47.0 Å². The first kappa shape index (κ1) is 21.7. The van der Waals surface area contributed by atoms with Gasteiger partial charge in [-0.15, -0.1) is 0 Å². The molecule has 4 rings (SSSR count). The van der Waals surface area contributed by atoms with E-state index in [9.17, 15) is 14.4 Å². The van der Waals surface area contributed by atoms with E-state index >= 15 is 0 Å². The fraction of sp³-hybridized carbons (Fsp3) is 0.591. The summed E-state index contributed by atoms with van der Waals surface area (Å²) in [4.78, 5) is 45.7. The summed E-state index contributed by atoms with van der Waals surface area (Å²) >= 11 is 6.01. The van der Waals surface area contributed by atoms with Crippen LogP contribution in [0.5, 0.6) is 0 Å². The quantitative estimate of drug-likeness (QED) is 0.757. The second-order valence-corrected chi connectivity index (χ2v) is 9.35. The molecule has 8 nitrogen and oxygen atoms in total. The van der Waals surface area contributed by atoms with Gasteiger partial charge in [-0.3, -0.25) is 4.79 Å². The molecule has 31 heavy (non-hydrogen) atoms. The van der Waals surface area contributed by atoms with Gasteiger partial charge in [0.25, 0.3) is 0 Å². The molecule has 3 saturated heterocycles. The zero-order valence-electron chi connectivity index (χ0n) is 18.3. The molecule has 1 aromatic rings. The van der Waals surface area contributed by atoms with Crippen molar-refractivity contribution in [3.8, 4) is 0 Å². The summed E-state index contributed by atoms with van der Waals surface area (Å²) in [6.07, 6.45) is 1.45. The number of hydrogen-bond acceptors (Lipinski definition) is 3. The van der Waals surface area contributed by atoms with Crippen LogP contribution in [0.4, 0.5) is 15.3 Å². The summed E-state index contributed by atoms with van der Waals surface area (Å²) in [6.45, 7) is 4.89. The maximum absolute atomic E-state index is 13.2. The number of carbonyl (C=O) groups is 3. The standard InChI is InChI=1S/C22H30ClN5O3/c1-4-28-19(29)17-13-27(21(31)25(2)3)14-18(17)22(28)8-10-26(11-9-22)20(30)24-16-7-5-6-15(23)12-16/h5-7,12,17-18H,4,8-11,13-14H2,1-3H3,(H,24,30)/t17-,18+/m0/s1. The number of anilines is 1. The highest BCUT2D eigenvalue weighted by atomic mass is 35.5. The molecule has 2 atom stereocenters. The Morgan fingerprint density at radius 2 is 1.90 bits per heavy atom. The van der Waals surface area contributed by atoms with Crippen LogP contribution < -0.4 is 5.32 Å². The minimum atomic E-state index is -0.287. The van der Waals surface area contributed by atoms with Crippen LogP contribution in [0.2, 0.25) is 5.02 Å². The Labute approximate surface area is 188 Å². The second-order valence-electron chi connectivity index (χ2n) is 8.91. The first-order chi connectivity index (χ1) is 14.8. The van der Waals surface area contributed by atoms with Crippen LogP contribution in [0.1, 0.15) is 19.8 Å². The molecule has 5 amide bonds. The lowest BCUT2D eigenvalue weighted by Gasteiger charge is -2.47. The Morgan fingerprint density at radius 3 is 2.52 bits per heavy atom. The van der Waals surface area contributed by atoms with Crippen molar-refractivity contribution in [3.63, 3.8) is 0 Å². The number of amides is 5. The molecule has 0 aliphatic carbocycles. The van der Waals surface area contributed by atoms with Crippen LogP contribution in [-0.4, -0.2) is 89.9 Å². The number of carbonyl (C=O) groups excluding carboxylic acids is 3. The Kier molecular flexibility index (Phi) is 5.77. The largest absolute Gasteiger partial charge is 0.336 e. The lowest BCUT2D eigenvalue weighted by atomic mass is 9.75. The van der Waals surface area contributed by atoms with Gasteiger partial charge in [0.2, 0.25) is 5.91 Å². The molecule has 1 aromatic carbocycles. The fourth-order valence-electron chi connectivity index (χ4n) is 5.63. The highest BCUT2D eigenvalue weighted by Gasteiger charge is 2.62. The molecule has 9 heteroatoms. The van der Waals surface area contributed by atoms with E-state index in [0.29, 0.717) is 43.4 Å². The summed E-state index contributed by atoms with van der Waals surface area (Å²) in [7, 11) is 3.48. The first-order valence-electron chi connectivity index (χ1n) is 10.9. The third-order valence-corrected chi connectivity index (χ3v) is 7.33. The normalized spacial score (nSPS) is 24.5. The molecular weight excluding hydrogens is 418 g/mol. The zero-order valence-corrected chi connectivity index (χ0v) is 19.1. The van der Waals surface area contributed by atoms with Gasteiger partial charge in [-0.2, -0.15) is 0 Å². The SMILES string of the molecule is CCN1C(=O)[C@H]2CN(C(=O)N(C)C)C[C@H]2C12CCN(C(=O)Nc1cccc(Cl)c1)CC2. The van der Waals surface area contributed by atoms with E-state index in [1.807, 2.05) is 17.9 Å². The van der Waals surface area contributed by atoms with E-state index in [4.69, 9.17) is 11.6 Å². The molecular formula is C22H30ClN5O3. The van der Waals surface area contributed by atoms with Gasteiger partial charge in [0.15, 0.2) is 0 Å². The van der Waals surface area contributed by atoms with Crippen molar-refractivity contribution in [1.29, 1.82) is 0 Å². The second kappa shape index (κ2) is 8.22. The van der Waals surface area contributed by atoms with E-state index < -0.39 is 0 Å². The minimum Gasteiger partial charge on any atom is -0.336 e. The zero-order chi connectivity index (χ0) is 22.3. The Hall–Kier alpha value is -2.48. The molecule has 0 radical (unpaired) electrons. The van der Waals surface area contributed by atoms with Crippen molar-refractivity contribution in [2.75, 3.05) is 52.1 Å². The average Bonchev–Trinajstić information content (AvgIpc) is 3.27. The third kappa shape index (κ3) is 3.71. The molecule has 3 fully saturated rings. The topological polar surface area (TPSA) is 76.2 Å². The molecule has 0 unspecified atom stereocenters. The Balaban J connectivity index is 1.47. The molecule has 1 N–H and O–H groups in total. The van der Waals surface area contributed by atoms with E-state index in [-0.39, 0.29) is 35.3 Å². The number of urea groups is 2. The number of halogens is 1. The van der Waals surface area contributed by atoms with Gasteiger partial charge in [0.1, 0.15) is 0 Å². The summed E-state index contributed by atoms with van der Waals surface area (Å²) in [6, 6.07) is 6.89. The molecule has 168 valence electrons.